The fourth-order valence-corrected chi connectivity index (χ4v) is 2.54. The fourth-order valence-electron chi connectivity index (χ4n) is 2.54. The number of nitrogens with zero attached hydrogens (tertiary/aromatic N) is 4. The molecular formula is C15H27N5O. The number of hydrogen-bond acceptors (Lipinski definition) is 4. The number of carbonyl (C=O) groups excluding carboxylic acids is 1. The van der Waals surface area contributed by atoms with E-state index in [4.69, 9.17) is 0 Å². The van der Waals surface area contributed by atoms with E-state index in [2.05, 4.69) is 41.1 Å². The molecule has 6 heteroatoms. The first-order valence-corrected chi connectivity index (χ1v) is 7.80. The first kappa shape index (κ1) is 16.0. The number of piperazine rings is 1. The summed E-state index contributed by atoms with van der Waals surface area (Å²) < 4.78 is 1.88. The molecule has 0 radical (unpaired) electrons. The summed E-state index contributed by atoms with van der Waals surface area (Å²) in [5.74, 6) is 0.833. The number of rotatable bonds is 5. The lowest BCUT2D eigenvalue weighted by Crippen LogP contribution is -2.51. The smallest absolute Gasteiger partial charge is 0.242 e. The van der Waals surface area contributed by atoms with Gasteiger partial charge in [-0.25, -0.2) is 4.68 Å². The minimum Gasteiger partial charge on any atom is -0.310 e. The van der Waals surface area contributed by atoms with Gasteiger partial charge in [0.15, 0.2) is 0 Å². The van der Waals surface area contributed by atoms with Crippen LogP contribution in [0.25, 0.3) is 0 Å². The van der Waals surface area contributed by atoms with Gasteiger partial charge in [0.05, 0.1) is 18.3 Å². The van der Waals surface area contributed by atoms with E-state index in [1.165, 1.54) is 0 Å². The van der Waals surface area contributed by atoms with Crippen LogP contribution in [0.3, 0.4) is 0 Å². The number of aromatic nitrogens is 2. The Bertz CT molecular complexity index is 464. The molecule has 6 nitrogen and oxygen atoms in total. The molecule has 1 fully saturated rings. The zero-order valence-electron chi connectivity index (χ0n) is 13.5. The van der Waals surface area contributed by atoms with E-state index in [1.54, 1.807) is 6.20 Å². The molecule has 118 valence electrons. The van der Waals surface area contributed by atoms with Gasteiger partial charge in [-0.1, -0.05) is 6.92 Å². The summed E-state index contributed by atoms with van der Waals surface area (Å²) in [5, 5.41) is 7.32. The van der Waals surface area contributed by atoms with Crippen molar-refractivity contribution in [2.45, 2.75) is 39.3 Å². The molecule has 0 aliphatic carbocycles. The molecule has 0 bridgehead atoms. The van der Waals surface area contributed by atoms with Crippen molar-refractivity contribution in [3.05, 3.63) is 12.3 Å². The molecule has 2 rings (SSSR count). The van der Waals surface area contributed by atoms with Gasteiger partial charge in [0.25, 0.3) is 0 Å². The zero-order valence-corrected chi connectivity index (χ0v) is 13.5. The Hall–Kier alpha value is -1.40. The Morgan fingerprint density at radius 1 is 1.33 bits per heavy atom. The average molecular weight is 293 g/mol. The van der Waals surface area contributed by atoms with Crippen molar-refractivity contribution < 1.29 is 4.79 Å². The summed E-state index contributed by atoms with van der Waals surface area (Å²) in [6, 6.07) is 2.04. The average Bonchev–Trinajstić information content (AvgIpc) is 2.94. The lowest BCUT2D eigenvalue weighted by Gasteiger charge is -2.35. The van der Waals surface area contributed by atoms with Crippen molar-refractivity contribution in [2.75, 3.05) is 38.5 Å². The van der Waals surface area contributed by atoms with Crippen LogP contribution in [-0.2, 0) is 4.79 Å². The number of amides is 1. The van der Waals surface area contributed by atoms with Crippen LogP contribution in [-0.4, -0.2) is 64.8 Å². The Morgan fingerprint density at radius 3 is 2.62 bits per heavy atom. The van der Waals surface area contributed by atoms with Gasteiger partial charge < -0.3 is 10.2 Å². The van der Waals surface area contributed by atoms with Crippen LogP contribution in [0.4, 0.5) is 5.82 Å². The zero-order chi connectivity index (χ0) is 15.4. The molecule has 1 N–H and O–H groups in total. The third-order valence-corrected chi connectivity index (χ3v) is 4.39. The van der Waals surface area contributed by atoms with Crippen LogP contribution < -0.4 is 5.32 Å². The minimum absolute atomic E-state index is 0.0459. The second-order valence-electron chi connectivity index (χ2n) is 5.92. The molecule has 1 aliphatic heterocycles. The lowest BCUT2D eigenvalue weighted by molar-refractivity contribution is -0.121. The van der Waals surface area contributed by atoms with E-state index in [1.807, 2.05) is 17.7 Å². The number of nitrogens with one attached hydrogen (secondary N) is 1. The first-order valence-electron chi connectivity index (χ1n) is 7.80. The Morgan fingerprint density at radius 2 is 2.00 bits per heavy atom. The van der Waals surface area contributed by atoms with Crippen molar-refractivity contribution >= 4 is 11.7 Å². The van der Waals surface area contributed by atoms with Crippen LogP contribution in [0.1, 0.15) is 33.2 Å². The van der Waals surface area contributed by atoms with Gasteiger partial charge in [-0.2, -0.15) is 5.10 Å². The Labute approximate surface area is 127 Å². The van der Waals surface area contributed by atoms with Crippen LogP contribution in [0.5, 0.6) is 0 Å². The summed E-state index contributed by atoms with van der Waals surface area (Å²) in [4.78, 5) is 17.0. The molecule has 1 aromatic rings. The highest BCUT2D eigenvalue weighted by Crippen LogP contribution is 2.17. The van der Waals surface area contributed by atoms with Crippen molar-refractivity contribution in [2.24, 2.45) is 0 Å². The van der Waals surface area contributed by atoms with Gasteiger partial charge in [0.1, 0.15) is 5.82 Å². The maximum absolute atomic E-state index is 12.4. The summed E-state index contributed by atoms with van der Waals surface area (Å²) >= 11 is 0. The van der Waals surface area contributed by atoms with Gasteiger partial charge >= 0.3 is 0 Å². The highest BCUT2D eigenvalue weighted by Gasteiger charge is 2.25. The van der Waals surface area contributed by atoms with Crippen molar-refractivity contribution in [3.63, 3.8) is 0 Å². The second-order valence-corrected chi connectivity index (χ2v) is 5.92. The van der Waals surface area contributed by atoms with Gasteiger partial charge in [-0.15, -0.1) is 0 Å². The molecular weight excluding hydrogens is 266 g/mol. The monoisotopic (exact) mass is 293 g/mol. The molecule has 2 atom stereocenters. The third kappa shape index (κ3) is 3.83. The van der Waals surface area contributed by atoms with Crippen LogP contribution in [0.15, 0.2) is 12.3 Å². The molecule has 1 saturated heterocycles. The third-order valence-electron chi connectivity index (χ3n) is 4.39. The fraction of sp³-hybridized carbons (Fsp3) is 0.733. The van der Waals surface area contributed by atoms with Crippen LogP contribution in [0.2, 0.25) is 0 Å². The van der Waals surface area contributed by atoms with Crippen molar-refractivity contribution in [1.29, 1.82) is 0 Å². The summed E-state index contributed by atoms with van der Waals surface area (Å²) in [6.07, 6.45) is 2.72. The van der Waals surface area contributed by atoms with Crippen LogP contribution >= 0.6 is 0 Å². The van der Waals surface area contributed by atoms with Gasteiger partial charge in [0, 0.05) is 32.2 Å². The number of anilines is 1. The molecule has 2 unspecified atom stereocenters. The van der Waals surface area contributed by atoms with Crippen molar-refractivity contribution in [3.8, 4) is 0 Å². The molecule has 1 aromatic heterocycles. The summed E-state index contributed by atoms with van der Waals surface area (Å²) in [6.45, 7) is 10.1. The standard InChI is InChI=1S/C15H27N5O/c1-5-12(2)20-14(6-7-16-20)17-15(21)13(3)19-10-8-18(4)9-11-19/h6-7,12-13H,5,8-11H2,1-4H3,(H,17,21). The SMILES string of the molecule is CCC(C)n1nccc1NC(=O)C(C)N1CCN(C)CC1. The number of hydrogen-bond donors (Lipinski definition) is 1. The van der Waals surface area contributed by atoms with Gasteiger partial charge in [-0.05, 0) is 27.3 Å². The predicted octanol–water partition coefficient (Wildman–Crippen LogP) is 1.43. The maximum atomic E-state index is 12.4. The molecule has 1 amide bonds. The van der Waals surface area contributed by atoms with Crippen molar-refractivity contribution in [1.82, 2.24) is 19.6 Å². The first-order chi connectivity index (χ1) is 10.0. The number of carbonyl (C=O) groups is 1. The molecule has 0 saturated carbocycles. The van der Waals surface area contributed by atoms with E-state index in [0.717, 1.165) is 38.4 Å². The van der Waals surface area contributed by atoms with E-state index < -0.39 is 0 Å². The van der Waals surface area contributed by atoms with E-state index in [9.17, 15) is 4.79 Å². The molecule has 0 aromatic carbocycles. The molecule has 21 heavy (non-hydrogen) atoms. The maximum Gasteiger partial charge on any atom is 0.242 e. The summed E-state index contributed by atoms with van der Waals surface area (Å²) in [7, 11) is 2.12. The summed E-state index contributed by atoms with van der Waals surface area (Å²) in [5.41, 5.74) is 0. The normalized spacial score (nSPS) is 20.2. The predicted molar refractivity (Wildman–Crippen MR) is 84.4 cm³/mol. The van der Waals surface area contributed by atoms with E-state index in [0.29, 0.717) is 0 Å². The topological polar surface area (TPSA) is 53.4 Å². The minimum atomic E-state index is -0.112. The molecule has 2 heterocycles. The highest BCUT2D eigenvalue weighted by atomic mass is 16.2. The Kier molecular flexibility index (Phi) is 5.36. The Balaban J connectivity index is 1.96. The van der Waals surface area contributed by atoms with Gasteiger partial charge in [0.2, 0.25) is 5.91 Å². The van der Waals surface area contributed by atoms with E-state index >= 15 is 0 Å². The van der Waals surface area contributed by atoms with Crippen LogP contribution in [0, 0.1) is 0 Å². The van der Waals surface area contributed by atoms with E-state index in [-0.39, 0.29) is 18.0 Å². The highest BCUT2D eigenvalue weighted by molar-refractivity contribution is 5.93. The second kappa shape index (κ2) is 7.04. The number of likely N-dealkylation sites (N-methyl/N-ethyl adjacent to an activating group) is 1. The quantitative estimate of drug-likeness (QED) is 0.892. The molecule has 0 spiro atoms. The van der Waals surface area contributed by atoms with Gasteiger partial charge in [-0.3, -0.25) is 9.69 Å². The molecule has 1 aliphatic rings. The lowest BCUT2D eigenvalue weighted by atomic mass is 10.2. The largest absolute Gasteiger partial charge is 0.310 e.